The van der Waals surface area contributed by atoms with Gasteiger partial charge in [-0.25, -0.2) is 0 Å². The van der Waals surface area contributed by atoms with Crippen molar-refractivity contribution in [3.05, 3.63) is 0 Å². The minimum atomic E-state index is -0.908. The Morgan fingerprint density at radius 1 is 0.900 bits per heavy atom. The fourth-order valence-electron chi connectivity index (χ4n) is 2.44. The summed E-state index contributed by atoms with van der Waals surface area (Å²) in [5.41, 5.74) is 0. The fraction of sp³-hybridized carbons (Fsp3) is 0.941. The van der Waals surface area contributed by atoms with Gasteiger partial charge in [-0.1, -0.05) is 78.1 Å². The third-order valence-electron chi connectivity index (χ3n) is 4.09. The summed E-state index contributed by atoms with van der Waals surface area (Å²) in [5.74, 6) is -0.0258. The summed E-state index contributed by atoms with van der Waals surface area (Å²) >= 11 is 0. The molecule has 0 radical (unpaired) electrons. The van der Waals surface area contributed by atoms with Gasteiger partial charge in [0.25, 0.3) is 0 Å². The Bertz CT molecular complexity index is 228. The van der Waals surface area contributed by atoms with Gasteiger partial charge in [0.15, 0.2) is 0 Å². The Labute approximate surface area is 124 Å². The van der Waals surface area contributed by atoms with Crippen molar-refractivity contribution in [2.24, 2.45) is 5.92 Å². The van der Waals surface area contributed by atoms with Crippen LogP contribution in [0.4, 0.5) is 0 Å². The van der Waals surface area contributed by atoms with Gasteiger partial charge in [0.2, 0.25) is 0 Å². The first kappa shape index (κ1) is 19.4. The smallest absolute Gasteiger partial charge is 0.305 e. The van der Waals surface area contributed by atoms with E-state index in [0.717, 1.165) is 18.8 Å². The van der Waals surface area contributed by atoms with Gasteiger partial charge in [-0.05, 0) is 12.3 Å². The molecular formula is C17H34O3. The molecule has 2 atom stereocenters. The van der Waals surface area contributed by atoms with Crippen LogP contribution in [0.5, 0.6) is 0 Å². The molecule has 0 amide bonds. The Morgan fingerprint density at radius 2 is 1.35 bits per heavy atom. The molecule has 0 aliphatic rings. The molecule has 3 nitrogen and oxygen atoms in total. The highest BCUT2D eigenvalue weighted by atomic mass is 16.4. The minimum absolute atomic E-state index is 0.115. The molecule has 0 spiro atoms. The molecule has 0 aliphatic heterocycles. The van der Waals surface area contributed by atoms with Gasteiger partial charge in [-0.15, -0.1) is 0 Å². The van der Waals surface area contributed by atoms with Crippen molar-refractivity contribution in [1.29, 1.82) is 0 Å². The predicted molar refractivity (Wildman–Crippen MR) is 83.9 cm³/mol. The molecule has 3 heteroatoms. The van der Waals surface area contributed by atoms with E-state index in [1.807, 2.05) is 0 Å². The van der Waals surface area contributed by atoms with E-state index in [0.29, 0.717) is 6.42 Å². The number of carboxylic acids is 1. The van der Waals surface area contributed by atoms with E-state index in [4.69, 9.17) is 5.11 Å². The summed E-state index contributed by atoms with van der Waals surface area (Å²) in [7, 11) is 0. The van der Waals surface area contributed by atoms with E-state index >= 15 is 0 Å². The molecule has 0 rings (SSSR count). The van der Waals surface area contributed by atoms with Gasteiger partial charge < -0.3 is 10.2 Å². The molecule has 0 aromatic heterocycles. The van der Waals surface area contributed by atoms with Crippen LogP contribution < -0.4 is 0 Å². The van der Waals surface area contributed by atoms with Gasteiger partial charge in [-0.3, -0.25) is 4.79 Å². The fourth-order valence-corrected chi connectivity index (χ4v) is 2.44. The Morgan fingerprint density at radius 3 is 1.80 bits per heavy atom. The molecule has 0 saturated carbocycles. The number of aliphatic hydroxyl groups is 1. The lowest BCUT2D eigenvalue weighted by molar-refractivity contribution is -0.139. The van der Waals surface area contributed by atoms with E-state index in [1.165, 1.54) is 51.4 Å². The van der Waals surface area contributed by atoms with Crippen molar-refractivity contribution in [3.8, 4) is 0 Å². The number of aliphatic carboxylic acids is 1. The van der Waals surface area contributed by atoms with Crippen LogP contribution in [0, 0.1) is 5.92 Å². The zero-order valence-electron chi connectivity index (χ0n) is 13.4. The van der Waals surface area contributed by atoms with Crippen LogP contribution in [-0.2, 0) is 4.79 Å². The molecule has 0 heterocycles. The lowest BCUT2D eigenvalue weighted by Crippen LogP contribution is -2.12. The second-order valence-electron chi connectivity index (χ2n) is 6.17. The predicted octanol–water partition coefficient (Wildman–Crippen LogP) is 4.77. The molecule has 0 aliphatic carbocycles. The number of aliphatic hydroxyl groups excluding tert-OH is 1. The van der Waals surface area contributed by atoms with Crippen molar-refractivity contribution >= 4 is 5.97 Å². The highest BCUT2D eigenvalue weighted by molar-refractivity contribution is 5.67. The lowest BCUT2D eigenvalue weighted by Gasteiger charge is -2.08. The Kier molecular flexibility index (Phi) is 13.0. The number of carbonyl (C=O) groups is 1. The third-order valence-corrected chi connectivity index (χ3v) is 4.09. The van der Waals surface area contributed by atoms with Crippen LogP contribution in [0.2, 0.25) is 0 Å². The lowest BCUT2D eigenvalue weighted by atomic mass is 9.99. The third kappa shape index (κ3) is 13.9. The number of carboxylic acid groups (broad SMARTS) is 1. The van der Waals surface area contributed by atoms with Crippen LogP contribution in [0.3, 0.4) is 0 Å². The van der Waals surface area contributed by atoms with Crippen molar-refractivity contribution < 1.29 is 15.0 Å². The minimum Gasteiger partial charge on any atom is -0.481 e. The van der Waals surface area contributed by atoms with Gasteiger partial charge in [-0.2, -0.15) is 0 Å². The van der Waals surface area contributed by atoms with E-state index in [1.54, 1.807) is 0 Å². The molecule has 120 valence electrons. The molecule has 0 aromatic rings. The first-order chi connectivity index (χ1) is 9.56. The van der Waals surface area contributed by atoms with Gasteiger partial charge in [0.05, 0.1) is 12.5 Å². The molecule has 20 heavy (non-hydrogen) atoms. The summed E-state index contributed by atoms with van der Waals surface area (Å²) < 4.78 is 0. The van der Waals surface area contributed by atoms with Crippen LogP contribution >= 0.6 is 0 Å². The Hall–Kier alpha value is -0.570. The van der Waals surface area contributed by atoms with Crippen molar-refractivity contribution in [2.75, 3.05) is 0 Å². The van der Waals surface area contributed by atoms with Crippen LogP contribution in [0.15, 0.2) is 0 Å². The zero-order valence-corrected chi connectivity index (χ0v) is 13.4. The Balaban J connectivity index is 3.15. The van der Waals surface area contributed by atoms with Gasteiger partial charge >= 0.3 is 5.97 Å². The molecule has 2 unspecified atom stereocenters. The van der Waals surface area contributed by atoms with Gasteiger partial charge in [0, 0.05) is 0 Å². The van der Waals surface area contributed by atoms with Gasteiger partial charge in [0.1, 0.15) is 0 Å². The summed E-state index contributed by atoms with van der Waals surface area (Å²) in [5, 5.41) is 17.9. The number of hydrogen-bond donors (Lipinski definition) is 2. The second kappa shape index (κ2) is 13.4. The average molecular weight is 286 g/mol. The number of rotatable bonds is 14. The largest absolute Gasteiger partial charge is 0.481 e. The molecule has 2 N–H and O–H groups in total. The summed E-state index contributed by atoms with van der Waals surface area (Å²) in [6.07, 6.45) is 12.5. The molecule has 0 fully saturated rings. The van der Waals surface area contributed by atoms with E-state index < -0.39 is 12.1 Å². The first-order valence-corrected chi connectivity index (χ1v) is 8.46. The van der Waals surface area contributed by atoms with Crippen LogP contribution in [0.25, 0.3) is 0 Å². The van der Waals surface area contributed by atoms with Crippen molar-refractivity contribution in [1.82, 2.24) is 0 Å². The van der Waals surface area contributed by atoms with E-state index in [-0.39, 0.29) is 6.42 Å². The standard InChI is InChI=1S/C17H34O3/c1-3-15(2)12-10-8-6-4-5-7-9-11-13-16(18)14-17(19)20/h15-16,18H,3-14H2,1-2H3,(H,19,20). The molecular weight excluding hydrogens is 252 g/mol. The maximum Gasteiger partial charge on any atom is 0.305 e. The summed E-state index contributed by atoms with van der Waals surface area (Å²) in [6, 6.07) is 0. The van der Waals surface area contributed by atoms with Crippen LogP contribution in [0.1, 0.15) is 90.9 Å². The zero-order chi connectivity index (χ0) is 15.2. The number of unbranched alkanes of at least 4 members (excludes halogenated alkanes) is 7. The van der Waals surface area contributed by atoms with E-state index in [9.17, 15) is 9.90 Å². The highest BCUT2D eigenvalue weighted by Crippen LogP contribution is 2.15. The molecule has 0 saturated heterocycles. The quantitative estimate of drug-likeness (QED) is 0.452. The summed E-state index contributed by atoms with van der Waals surface area (Å²) in [4.78, 5) is 10.4. The molecule has 0 bridgehead atoms. The van der Waals surface area contributed by atoms with E-state index in [2.05, 4.69) is 13.8 Å². The highest BCUT2D eigenvalue weighted by Gasteiger charge is 2.08. The SMILES string of the molecule is CCC(C)CCCCCCCCCCC(O)CC(=O)O. The average Bonchev–Trinajstić information content (AvgIpc) is 2.39. The second-order valence-corrected chi connectivity index (χ2v) is 6.17. The molecule has 0 aromatic carbocycles. The normalized spacial score (nSPS) is 14.2. The summed E-state index contributed by atoms with van der Waals surface area (Å²) in [6.45, 7) is 4.59. The first-order valence-electron chi connectivity index (χ1n) is 8.46. The van der Waals surface area contributed by atoms with Crippen molar-refractivity contribution in [2.45, 2.75) is 97.0 Å². The van der Waals surface area contributed by atoms with Crippen molar-refractivity contribution in [3.63, 3.8) is 0 Å². The van der Waals surface area contributed by atoms with Crippen LogP contribution in [-0.4, -0.2) is 22.3 Å². The number of hydrogen-bond acceptors (Lipinski definition) is 2. The monoisotopic (exact) mass is 286 g/mol. The maximum atomic E-state index is 10.4. The topological polar surface area (TPSA) is 57.5 Å². The maximum absolute atomic E-state index is 10.4.